The van der Waals surface area contributed by atoms with Crippen LogP contribution in [0.25, 0.3) is 5.57 Å². The van der Waals surface area contributed by atoms with Gasteiger partial charge in [0.15, 0.2) is 6.61 Å². The van der Waals surface area contributed by atoms with Gasteiger partial charge in [-0.25, -0.2) is 4.79 Å². The number of aliphatic hydroxyl groups is 1. The molecule has 204 valence electrons. The zero-order valence-corrected chi connectivity index (χ0v) is 22.9. The highest BCUT2D eigenvalue weighted by Gasteiger charge is 2.40. The van der Waals surface area contributed by atoms with E-state index in [1.807, 2.05) is 48.7 Å². The molecule has 2 N–H and O–H groups in total. The average Bonchev–Trinajstić information content (AvgIpc) is 3.10. The summed E-state index contributed by atoms with van der Waals surface area (Å²) in [6, 6.07) is 13.1. The van der Waals surface area contributed by atoms with Crippen LogP contribution in [0.4, 0.5) is 0 Å². The molecule has 2 aromatic carbocycles. The van der Waals surface area contributed by atoms with Gasteiger partial charge in [-0.05, 0) is 60.4 Å². The molecule has 0 bridgehead atoms. The van der Waals surface area contributed by atoms with E-state index >= 15 is 0 Å². The lowest BCUT2D eigenvalue weighted by Crippen LogP contribution is -2.49. The van der Waals surface area contributed by atoms with Crippen molar-refractivity contribution in [1.29, 1.82) is 0 Å². The van der Waals surface area contributed by atoms with Crippen molar-refractivity contribution in [2.45, 2.75) is 25.4 Å². The molecule has 2 atom stereocenters. The Labute approximate surface area is 234 Å². The molecule has 0 radical (unpaired) electrons. The molecule has 3 aliphatic rings. The molecular weight excluding hydrogens is 516 g/mol. The summed E-state index contributed by atoms with van der Waals surface area (Å²) in [5.41, 5.74) is 3.86. The van der Waals surface area contributed by atoms with Gasteiger partial charge in [0, 0.05) is 47.9 Å². The third-order valence-electron chi connectivity index (χ3n) is 7.60. The number of carbonyl (C=O) groups excluding carboxylic acids is 1. The van der Waals surface area contributed by atoms with Gasteiger partial charge in [-0.1, -0.05) is 42.8 Å². The number of benzene rings is 2. The first-order valence-electron chi connectivity index (χ1n) is 13.1. The fourth-order valence-corrected chi connectivity index (χ4v) is 5.48. The first-order valence-corrected chi connectivity index (χ1v) is 13.5. The third kappa shape index (κ3) is 5.91. The minimum Gasteiger partial charge on any atom is -0.482 e. The highest BCUT2D eigenvalue weighted by atomic mass is 35.5. The SMILES string of the molecule is COC(=O)COc1ccc2c(c1)C(=CCCN1CCC(O)(c3ccc(Cl)cc3)C(C)C1)C1=CC=CNC1=CO2. The van der Waals surface area contributed by atoms with Crippen molar-refractivity contribution in [3.05, 3.63) is 101 Å². The Kier molecular flexibility index (Phi) is 8.12. The van der Waals surface area contributed by atoms with E-state index in [9.17, 15) is 9.90 Å². The van der Waals surface area contributed by atoms with E-state index < -0.39 is 11.6 Å². The van der Waals surface area contributed by atoms with Gasteiger partial charge in [-0.15, -0.1) is 0 Å². The quantitative estimate of drug-likeness (QED) is 0.462. The molecule has 7 nitrogen and oxygen atoms in total. The average molecular weight is 549 g/mol. The molecular formula is C31H33ClN2O5. The molecule has 8 heteroatoms. The Bertz CT molecular complexity index is 1350. The zero-order valence-electron chi connectivity index (χ0n) is 22.2. The van der Waals surface area contributed by atoms with E-state index in [-0.39, 0.29) is 12.5 Å². The maximum Gasteiger partial charge on any atom is 0.343 e. The van der Waals surface area contributed by atoms with Crippen molar-refractivity contribution in [2.24, 2.45) is 5.92 Å². The van der Waals surface area contributed by atoms with E-state index in [1.54, 1.807) is 12.3 Å². The maximum atomic E-state index is 11.6. The smallest absolute Gasteiger partial charge is 0.343 e. The number of fused-ring (bicyclic) bond motifs is 2. The predicted molar refractivity (Wildman–Crippen MR) is 151 cm³/mol. The number of likely N-dealkylation sites (tertiary alicyclic amines) is 1. The lowest BCUT2D eigenvalue weighted by atomic mass is 9.77. The van der Waals surface area contributed by atoms with Crippen molar-refractivity contribution >= 4 is 23.1 Å². The number of allylic oxidation sites excluding steroid dienone is 3. The molecule has 2 aromatic rings. The van der Waals surface area contributed by atoms with Gasteiger partial charge in [0.25, 0.3) is 0 Å². The fourth-order valence-electron chi connectivity index (χ4n) is 5.35. The van der Waals surface area contributed by atoms with E-state index in [0.29, 0.717) is 22.9 Å². The number of esters is 1. The number of dihydropyridines is 1. The molecule has 0 amide bonds. The van der Waals surface area contributed by atoms with Gasteiger partial charge in [0.1, 0.15) is 17.8 Å². The van der Waals surface area contributed by atoms with Crippen molar-refractivity contribution < 1.29 is 24.1 Å². The number of nitrogens with zero attached hydrogens (tertiary/aromatic N) is 1. The highest BCUT2D eigenvalue weighted by Crippen LogP contribution is 2.41. The minimum atomic E-state index is -0.859. The van der Waals surface area contributed by atoms with E-state index in [2.05, 4.69) is 29.3 Å². The topological polar surface area (TPSA) is 80.3 Å². The summed E-state index contributed by atoms with van der Waals surface area (Å²) in [4.78, 5) is 14.0. The first-order chi connectivity index (χ1) is 18.9. The Balaban J connectivity index is 1.33. The number of hydrogen-bond acceptors (Lipinski definition) is 7. The molecule has 0 spiro atoms. The molecule has 0 saturated carbocycles. The second-order valence-corrected chi connectivity index (χ2v) is 10.5. The minimum absolute atomic E-state index is 0.0755. The number of nitrogens with one attached hydrogen (secondary N) is 1. The van der Waals surface area contributed by atoms with Crippen LogP contribution in [0, 0.1) is 5.92 Å². The number of ether oxygens (including phenoxy) is 3. The van der Waals surface area contributed by atoms with Crippen LogP contribution in [-0.4, -0.2) is 49.3 Å². The monoisotopic (exact) mass is 548 g/mol. The molecule has 3 aliphatic heterocycles. The summed E-state index contributed by atoms with van der Waals surface area (Å²) in [6.07, 6.45) is 11.3. The summed E-state index contributed by atoms with van der Waals surface area (Å²) < 4.78 is 16.4. The Morgan fingerprint density at radius 3 is 2.87 bits per heavy atom. The number of piperidine rings is 1. The van der Waals surface area contributed by atoms with E-state index in [4.69, 9.17) is 25.8 Å². The maximum absolute atomic E-state index is 11.6. The van der Waals surface area contributed by atoms with Gasteiger partial charge in [0.2, 0.25) is 0 Å². The largest absolute Gasteiger partial charge is 0.482 e. The van der Waals surface area contributed by atoms with Gasteiger partial charge < -0.3 is 29.5 Å². The molecule has 0 aromatic heterocycles. The van der Waals surface area contributed by atoms with Gasteiger partial charge >= 0.3 is 5.97 Å². The first kappa shape index (κ1) is 27.1. The summed E-state index contributed by atoms with van der Waals surface area (Å²) in [7, 11) is 1.34. The molecule has 1 saturated heterocycles. The molecule has 39 heavy (non-hydrogen) atoms. The van der Waals surface area contributed by atoms with Crippen LogP contribution >= 0.6 is 11.6 Å². The third-order valence-corrected chi connectivity index (χ3v) is 7.85. The van der Waals surface area contributed by atoms with E-state index in [0.717, 1.165) is 54.0 Å². The summed E-state index contributed by atoms with van der Waals surface area (Å²) in [5, 5.41) is 15.4. The van der Waals surface area contributed by atoms with Crippen LogP contribution in [-0.2, 0) is 15.1 Å². The van der Waals surface area contributed by atoms with E-state index in [1.165, 1.54) is 7.11 Å². The number of methoxy groups -OCH3 is 1. The highest BCUT2D eigenvalue weighted by molar-refractivity contribution is 6.30. The molecule has 0 aliphatic carbocycles. The van der Waals surface area contributed by atoms with Crippen molar-refractivity contribution in [3.63, 3.8) is 0 Å². The lowest BCUT2D eigenvalue weighted by molar-refractivity contribution is -0.142. The molecule has 1 fully saturated rings. The summed E-state index contributed by atoms with van der Waals surface area (Å²) >= 11 is 6.06. The van der Waals surface area contributed by atoms with Crippen LogP contribution in [0.3, 0.4) is 0 Å². The second-order valence-electron chi connectivity index (χ2n) is 10.0. The summed E-state index contributed by atoms with van der Waals surface area (Å²) in [5.74, 6) is 0.898. The number of carbonyl (C=O) groups is 1. The number of rotatable bonds is 7. The van der Waals surface area contributed by atoms with Gasteiger partial charge in [-0.2, -0.15) is 0 Å². The number of hydrogen-bond donors (Lipinski definition) is 2. The normalized spacial score (nSPS) is 23.4. The Hall–Kier alpha value is -3.52. The Morgan fingerprint density at radius 2 is 2.10 bits per heavy atom. The van der Waals surface area contributed by atoms with Crippen LogP contribution < -0.4 is 14.8 Å². The van der Waals surface area contributed by atoms with Crippen LogP contribution in [0.1, 0.15) is 30.9 Å². The Morgan fingerprint density at radius 1 is 1.28 bits per heavy atom. The number of halogens is 1. The van der Waals surface area contributed by atoms with Crippen LogP contribution in [0.2, 0.25) is 5.02 Å². The van der Waals surface area contributed by atoms with Crippen LogP contribution in [0.15, 0.2) is 84.4 Å². The molecule has 3 heterocycles. The fraction of sp³-hybridized carbons (Fsp3) is 0.323. The van der Waals surface area contributed by atoms with Crippen LogP contribution in [0.5, 0.6) is 11.5 Å². The second kappa shape index (κ2) is 11.7. The standard InChI is InChI=1S/C31H33ClN2O5/c1-21-18-34(16-13-31(21,36)22-7-9-23(32)10-8-22)15-4-6-25-26-5-3-14-33-28(26)19-39-29-12-11-24(17-27(25)29)38-20-30(35)37-2/h3,5-12,14,17,19,21,33,36H,4,13,15-16,18,20H2,1-2H3. The molecule has 2 unspecified atom stereocenters. The predicted octanol–water partition coefficient (Wildman–Crippen LogP) is 5.17. The zero-order chi connectivity index (χ0) is 27.4. The van der Waals surface area contributed by atoms with Gasteiger partial charge in [0.05, 0.1) is 18.4 Å². The van der Waals surface area contributed by atoms with Gasteiger partial charge in [-0.3, -0.25) is 0 Å². The van der Waals surface area contributed by atoms with Crippen molar-refractivity contribution in [2.75, 3.05) is 33.4 Å². The van der Waals surface area contributed by atoms with Crippen molar-refractivity contribution in [1.82, 2.24) is 10.2 Å². The molecule has 5 rings (SSSR count). The lowest BCUT2D eigenvalue weighted by Gasteiger charge is -2.43. The summed E-state index contributed by atoms with van der Waals surface area (Å²) in [6.45, 7) is 4.40. The van der Waals surface area contributed by atoms with Crippen molar-refractivity contribution in [3.8, 4) is 11.5 Å².